The van der Waals surface area contributed by atoms with Crippen LogP contribution in [-0.4, -0.2) is 11.9 Å². The second-order valence-electron chi connectivity index (χ2n) is 3.77. The van der Waals surface area contributed by atoms with Gasteiger partial charge in [-0.1, -0.05) is 41.9 Å². The zero-order valence-corrected chi connectivity index (χ0v) is 10.5. The van der Waals surface area contributed by atoms with Crippen LogP contribution in [0.3, 0.4) is 0 Å². The number of aromatic carboxylic acids is 1. The average molecular weight is 275 g/mol. The fourth-order valence-corrected chi connectivity index (χ4v) is 1.83. The molecule has 0 unspecified atom stereocenters. The van der Waals surface area contributed by atoms with Gasteiger partial charge in [0.1, 0.15) is 0 Å². The molecule has 1 amide bonds. The third-order valence-electron chi connectivity index (χ3n) is 2.51. The van der Waals surface area contributed by atoms with E-state index in [-0.39, 0.29) is 16.8 Å². The van der Waals surface area contributed by atoms with E-state index in [9.17, 15) is 14.7 Å². The van der Waals surface area contributed by atoms with Crippen LogP contribution in [0.4, 0.5) is 5.69 Å². The van der Waals surface area contributed by atoms with Gasteiger partial charge in [-0.05, 0) is 18.2 Å². The summed E-state index contributed by atoms with van der Waals surface area (Å²) in [5.41, 5.74) is 0.368. The number of hydrogen-bond donors (Lipinski definition) is 1. The quantitative estimate of drug-likeness (QED) is 0.930. The molecule has 2 rings (SSSR count). The van der Waals surface area contributed by atoms with Crippen molar-refractivity contribution in [2.45, 2.75) is 0 Å². The van der Waals surface area contributed by atoms with Gasteiger partial charge >= 0.3 is 0 Å². The molecule has 0 saturated heterocycles. The van der Waals surface area contributed by atoms with Crippen molar-refractivity contribution in [1.29, 1.82) is 0 Å². The lowest BCUT2D eigenvalue weighted by Gasteiger charge is -2.12. The highest BCUT2D eigenvalue weighted by molar-refractivity contribution is 6.34. The molecule has 0 bridgehead atoms. The van der Waals surface area contributed by atoms with E-state index in [0.29, 0.717) is 5.02 Å². The first-order chi connectivity index (χ1) is 9.09. The molecule has 0 fully saturated rings. The number of amides is 1. The molecule has 4 nitrogen and oxygen atoms in total. The number of benzene rings is 2. The van der Waals surface area contributed by atoms with Crippen molar-refractivity contribution in [1.82, 2.24) is 0 Å². The summed E-state index contributed by atoms with van der Waals surface area (Å²) >= 11 is 5.90. The Kier molecular flexibility index (Phi) is 3.82. The van der Waals surface area contributed by atoms with Crippen LogP contribution in [0.15, 0.2) is 48.5 Å². The highest BCUT2D eigenvalue weighted by Crippen LogP contribution is 2.19. The second-order valence-corrected chi connectivity index (χ2v) is 4.17. The molecule has 0 saturated carbocycles. The van der Waals surface area contributed by atoms with Crippen molar-refractivity contribution in [2.24, 2.45) is 0 Å². The summed E-state index contributed by atoms with van der Waals surface area (Å²) in [6.07, 6.45) is 0. The molecule has 5 heteroatoms. The van der Waals surface area contributed by atoms with Crippen LogP contribution in [0.1, 0.15) is 20.7 Å². The molecule has 19 heavy (non-hydrogen) atoms. The molecule has 0 radical (unpaired) electrons. The number of anilines is 1. The molecular weight excluding hydrogens is 266 g/mol. The molecule has 1 N–H and O–H groups in total. The summed E-state index contributed by atoms with van der Waals surface area (Å²) < 4.78 is 0. The number of carboxylic acids is 1. The van der Waals surface area contributed by atoms with Gasteiger partial charge in [0, 0.05) is 5.56 Å². The molecule has 0 aliphatic heterocycles. The van der Waals surface area contributed by atoms with Crippen molar-refractivity contribution in [3.8, 4) is 0 Å². The van der Waals surface area contributed by atoms with Crippen LogP contribution in [-0.2, 0) is 0 Å². The molecule has 0 atom stereocenters. The minimum absolute atomic E-state index is 0.0806. The van der Waals surface area contributed by atoms with Crippen molar-refractivity contribution >= 4 is 29.2 Å². The summed E-state index contributed by atoms with van der Waals surface area (Å²) in [6, 6.07) is 12.5. The third kappa shape index (κ3) is 2.92. The first kappa shape index (κ1) is 13.1. The Bertz CT molecular complexity index is 640. The van der Waals surface area contributed by atoms with E-state index in [1.807, 2.05) is 0 Å². The summed E-state index contributed by atoms with van der Waals surface area (Å²) in [5, 5.41) is 13.7. The van der Waals surface area contributed by atoms with Crippen molar-refractivity contribution in [3.05, 3.63) is 64.7 Å². The molecule has 0 aliphatic rings. The van der Waals surface area contributed by atoms with Gasteiger partial charge in [-0.15, -0.1) is 0 Å². The highest BCUT2D eigenvalue weighted by atomic mass is 35.5. The number of para-hydroxylation sites is 1. The third-order valence-corrected chi connectivity index (χ3v) is 2.84. The van der Waals surface area contributed by atoms with Crippen LogP contribution in [0.2, 0.25) is 5.02 Å². The number of carbonyl (C=O) groups excluding carboxylic acids is 2. The van der Waals surface area contributed by atoms with E-state index in [1.165, 1.54) is 12.1 Å². The summed E-state index contributed by atoms with van der Waals surface area (Å²) in [4.78, 5) is 22.9. The van der Waals surface area contributed by atoms with Crippen LogP contribution in [0.25, 0.3) is 0 Å². The predicted molar refractivity (Wildman–Crippen MR) is 70.2 cm³/mol. The lowest BCUT2D eigenvalue weighted by Crippen LogP contribution is -2.24. The molecule has 2 aromatic carbocycles. The highest BCUT2D eigenvalue weighted by Gasteiger charge is 2.11. The minimum atomic E-state index is -1.35. The molecule has 0 heterocycles. The number of nitrogens with one attached hydrogen (secondary N) is 1. The van der Waals surface area contributed by atoms with Gasteiger partial charge in [-0.2, -0.15) is 0 Å². The molecule has 0 aromatic heterocycles. The standard InChI is InChI=1S/C14H10ClNO3/c15-11-7-3-1-5-9(11)13(17)16-12-8-4-2-6-10(12)14(18)19/h1-8H,(H,16,17)(H,18,19)/p-1. The molecule has 0 aliphatic carbocycles. The molecule has 2 aromatic rings. The molecule has 0 spiro atoms. The fourth-order valence-electron chi connectivity index (χ4n) is 1.61. The Morgan fingerprint density at radius 2 is 1.53 bits per heavy atom. The zero-order chi connectivity index (χ0) is 13.8. The Hall–Kier alpha value is -2.33. The number of carboxylic acid groups (broad SMARTS) is 1. The van der Waals surface area contributed by atoms with Crippen LogP contribution in [0, 0.1) is 0 Å². The summed E-state index contributed by atoms with van der Waals surface area (Å²) in [5.74, 6) is -1.82. The van der Waals surface area contributed by atoms with Crippen LogP contribution >= 0.6 is 11.6 Å². The fraction of sp³-hybridized carbons (Fsp3) is 0. The van der Waals surface area contributed by atoms with Gasteiger partial charge in [0.05, 0.1) is 22.2 Å². The van der Waals surface area contributed by atoms with E-state index in [0.717, 1.165) is 0 Å². The predicted octanol–water partition coefficient (Wildman–Crippen LogP) is 1.96. The van der Waals surface area contributed by atoms with Gasteiger partial charge in [-0.25, -0.2) is 0 Å². The van der Waals surface area contributed by atoms with Crippen molar-refractivity contribution in [2.75, 3.05) is 5.32 Å². The maximum absolute atomic E-state index is 12.0. The molecular formula is C14H9ClNO3-. The van der Waals surface area contributed by atoms with E-state index < -0.39 is 11.9 Å². The van der Waals surface area contributed by atoms with Crippen molar-refractivity contribution in [3.63, 3.8) is 0 Å². The topological polar surface area (TPSA) is 69.2 Å². The average Bonchev–Trinajstić information content (AvgIpc) is 2.39. The van der Waals surface area contributed by atoms with Crippen molar-refractivity contribution < 1.29 is 14.7 Å². The zero-order valence-electron chi connectivity index (χ0n) is 9.72. The largest absolute Gasteiger partial charge is 0.545 e. The second kappa shape index (κ2) is 5.54. The van der Waals surface area contributed by atoms with Gasteiger partial charge < -0.3 is 15.2 Å². The normalized spacial score (nSPS) is 9.95. The Morgan fingerprint density at radius 3 is 2.16 bits per heavy atom. The van der Waals surface area contributed by atoms with Crippen LogP contribution in [0.5, 0.6) is 0 Å². The van der Waals surface area contributed by atoms with E-state index in [2.05, 4.69) is 5.32 Å². The number of rotatable bonds is 3. The van der Waals surface area contributed by atoms with Crippen LogP contribution < -0.4 is 10.4 Å². The minimum Gasteiger partial charge on any atom is -0.545 e. The Labute approximate surface area is 114 Å². The lowest BCUT2D eigenvalue weighted by atomic mass is 10.1. The number of halogens is 1. The maximum atomic E-state index is 12.0. The van der Waals surface area contributed by atoms with E-state index in [1.54, 1.807) is 36.4 Å². The Balaban J connectivity index is 2.30. The first-order valence-corrected chi connectivity index (χ1v) is 5.83. The first-order valence-electron chi connectivity index (χ1n) is 5.46. The van der Waals surface area contributed by atoms with Gasteiger partial charge in [0.2, 0.25) is 0 Å². The smallest absolute Gasteiger partial charge is 0.257 e. The van der Waals surface area contributed by atoms with E-state index in [4.69, 9.17) is 11.6 Å². The van der Waals surface area contributed by atoms with Gasteiger partial charge in [0.25, 0.3) is 5.91 Å². The summed E-state index contributed by atoms with van der Waals surface area (Å²) in [7, 11) is 0. The Morgan fingerprint density at radius 1 is 0.947 bits per heavy atom. The lowest BCUT2D eigenvalue weighted by molar-refractivity contribution is -0.254. The maximum Gasteiger partial charge on any atom is 0.257 e. The SMILES string of the molecule is O=C(Nc1ccccc1C(=O)[O-])c1ccccc1Cl. The van der Waals surface area contributed by atoms with E-state index >= 15 is 0 Å². The molecule has 96 valence electrons. The number of carbonyl (C=O) groups is 2. The summed E-state index contributed by atoms with van der Waals surface area (Å²) in [6.45, 7) is 0. The van der Waals surface area contributed by atoms with Gasteiger partial charge in [-0.3, -0.25) is 4.79 Å². The monoisotopic (exact) mass is 274 g/mol. The number of hydrogen-bond acceptors (Lipinski definition) is 3. The van der Waals surface area contributed by atoms with Gasteiger partial charge in [0.15, 0.2) is 0 Å².